The van der Waals surface area contributed by atoms with Crippen molar-refractivity contribution >= 4 is 23.2 Å². The van der Waals surface area contributed by atoms with E-state index in [0.29, 0.717) is 22.7 Å². The second kappa shape index (κ2) is 8.22. The summed E-state index contributed by atoms with van der Waals surface area (Å²) in [7, 11) is 1.53. The lowest BCUT2D eigenvalue weighted by molar-refractivity contribution is -0.114. The smallest absolute Gasteiger partial charge is 0.257 e. The first-order valence-electron chi connectivity index (χ1n) is 9.33. The summed E-state index contributed by atoms with van der Waals surface area (Å²) in [5.74, 6) is 0.0782. The van der Waals surface area contributed by atoms with Gasteiger partial charge in [-0.25, -0.2) is 0 Å². The van der Waals surface area contributed by atoms with E-state index in [1.807, 2.05) is 51.1 Å². The predicted molar refractivity (Wildman–Crippen MR) is 115 cm³/mol. The Bertz CT molecular complexity index is 1060. The van der Waals surface area contributed by atoms with Crippen LogP contribution in [0.3, 0.4) is 0 Å². The molecule has 150 valence electrons. The molecule has 0 aliphatic heterocycles. The molecular formula is C23H25N3O3. The highest BCUT2D eigenvalue weighted by Gasteiger charge is 2.16. The zero-order valence-corrected chi connectivity index (χ0v) is 17.3. The highest BCUT2D eigenvalue weighted by Crippen LogP contribution is 2.29. The minimum atomic E-state index is -0.227. The number of nitrogens with one attached hydrogen (secondary N) is 2. The van der Waals surface area contributed by atoms with Crippen LogP contribution in [0.25, 0.3) is 5.69 Å². The number of aryl methyl sites for hydroxylation is 3. The van der Waals surface area contributed by atoms with Gasteiger partial charge in [-0.05, 0) is 63.2 Å². The van der Waals surface area contributed by atoms with Crippen molar-refractivity contribution in [2.45, 2.75) is 27.7 Å². The molecule has 2 aromatic carbocycles. The van der Waals surface area contributed by atoms with E-state index in [1.54, 1.807) is 18.2 Å². The van der Waals surface area contributed by atoms with Crippen LogP contribution in [-0.2, 0) is 4.79 Å². The molecule has 0 aliphatic rings. The summed E-state index contributed by atoms with van der Waals surface area (Å²) in [6, 6.07) is 15.0. The minimum Gasteiger partial charge on any atom is -0.495 e. The fourth-order valence-corrected chi connectivity index (χ4v) is 3.35. The normalized spacial score (nSPS) is 10.5. The third kappa shape index (κ3) is 4.32. The zero-order valence-electron chi connectivity index (χ0n) is 17.3. The van der Waals surface area contributed by atoms with Crippen molar-refractivity contribution in [1.82, 2.24) is 4.57 Å². The van der Waals surface area contributed by atoms with Gasteiger partial charge in [0.15, 0.2) is 0 Å². The van der Waals surface area contributed by atoms with E-state index < -0.39 is 0 Å². The number of carbonyl (C=O) groups is 2. The summed E-state index contributed by atoms with van der Waals surface area (Å²) >= 11 is 0. The van der Waals surface area contributed by atoms with Crippen LogP contribution in [0.2, 0.25) is 0 Å². The molecule has 0 spiro atoms. The van der Waals surface area contributed by atoms with Crippen LogP contribution in [0.15, 0.2) is 48.5 Å². The van der Waals surface area contributed by atoms with Crippen molar-refractivity contribution < 1.29 is 14.3 Å². The van der Waals surface area contributed by atoms with Crippen LogP contribution >= 0.6 is 0 Å². The Morgan fingerprint density at radius 2 is 1.59 bits per heavy atom. The first-order chi connectivity index (χ1) is 13.8. The lowest BCUT2D eigenvalue weighted by Crippen LogP contribution is -2.16. The van der Waals surface area contributed by atoms with E-state index in [9.17, 15) is 9.59 Å². The fraction of sp³-hybridized carbons (Fsp3) is 0.217. The van der Waals surface area contributed by atoms with Crippen LogP contribution in [0.5, 0.6) is 5.75 Å². The number of nitrogens with zero attached hydrogens (tertiary/aromatic N) is 1. The molecule has 1 heterocycles. The van der Waals surface area contributed by atoms with Gasteiger partial charge >= 0.3 is 0 Å². The Labute approximate surface area is 170 Å². The number of aromatic nitrogens is 1. The third-order valence-electron chi connectivity index (χ3n) is 4.68. The Kier molecular flexibility index (Phi) is 5.73. The number of hydrogen-bond acceptors (Lipinski definition) is 3. The lowest BCUT2D eigenvalue weighted by atomic mass is 10.1. The second-order valence-corrected chi connectivity index (χ2v) is 7.02. The predicted octanol–water partition coefficient (Wildman–Crippen LogP) is 4.62. The maximum Gasteiger partial charge on any atom is 0.257 e. The number of rotatable bonds is 5. The molecule has 0 unspecified atom stereocenters. The van der Waals surface area contributed by atoms with E-state index >= 15 is 0 Å². The largest absolute Gasteiger partial charge is 0.495 e. The molecule has 2 N–H and O–H groups in total. The maximum atomic E-state index is 13.1. The molecule has 2 amide bonds. The topological polar surface area (TPSA) is 72.4 Å². The molecule has 1 aromatic heterocycles. The number of hydrogen-bond donors (Lipinski definition) is 2. The highest BCUT2D eigenvalue weighted by molar-refractivity contribution is 6.07. The van der Waals surface area contributed by atoms with Crippen molar-refractivity contribution in [3.05, 3.63) is 71.0 Å². The zero-order chi connectivity index (χ0) is 21.1. The molecule has 0 saturated carbocycles. The number of methoxy groups -OCH3 is 1. The number of anilines is 2. The van der Waals surface area contributed by atoms with Gasteiger partial charge in [0, 0.05) is 24.0 Å². The van der Waals surface area contributed by atoms with E-state index in [1.165, 1.54) is 14.0 Å². The van der Waals surface area contributed by atoms with Crippen LogP contribution in [0, 0.1) is 20.8 Å². The van der Waals surface area contributed by atoms with E-state index in [2.05, 4.69) is 15.2 Å². The van der Waals surface area contributed by atoms with Gasteiger partial charge in [-0.1, -0.05) is 11.6 Å². The minimum absolute atomic E-state index is 0.216. The van der Waals surface area contributed by atoms with Crippen molar-refractivity contribution in [3.63, 3.8) is 0 Å². The average molecular weight is 391 g/mol. The maximum absolute atomic E-state index is 13.1. The molecular weight excluding hydrogens is 366 g/mol. The second-order valence-electron chi connectivity index (χ2n) is 7.02. The van der Waals surface area contributed by atoms with Gasteiger partial charge < -0.3 is 19.9 Å². The molecule has 0 radical (unpaired) electrons. The van der Waals surface area contributed by atoms with Gasteiger partial charge in [0.25, 0.3) is 5.91 Å². The molecule has 0 atom stereocenters. The Balaban J connectivity index is 1.98. The molecule has 0 aliphatic carbocycles. The third-order valence-corrected chi connectivity index (χ3v) is 4.68. The van der Waals surface area contributed by atoms with E-state index in [-0.39, 0.29) is 11.8 Å². The highest BCUT2D eigenvalue weighted by atomic mass is 16.5. The first kappa shape index (κ1) is 20.2. The van der Waals surface area contributed by atoms with Crippen molar-refractivity contribution in [3.8, 4) is 11.4 Å². The van der Waals surface area contributed by atoms with Crippen LogP contribution in [0.4, 0.5) is 11.4 Å². The molecule has 0 bridgehead atoms. The Morgan fingerprint density at radius 1 is 0.897 bits per heavy atom. The molecule has 29 heavy (non-hydrogen) atoms. The van der Waals surface area contributed by atoms with Crippen molar-refractivity contribution in [2.75, 3.05) is 17.7 Å². The van der Waals surface area contributed by atoms with Gasteiger partial charge in [0.05, 0.1) is 24.0 Å². The summed E-state index contributed by atoms with van der Waals surface area (Å²) in [4.78, 5) is 24.6. The van der Waals surface area contributed by atoms with E-state index in [0.717, 1.165) is 22.6 Å². The summed E-state index contributed by atoms with van der Waals surface area (Å²) in [6.07, 6.45) is 0. The van der Waals surface area contributed by atoms with Crippen molar-refractivity contribution in [2.24, 2.45) is 0 Å². The van der Waals surface area contributed by atoms with Gasteiger partial charge in [0.1, 0.15) is 5.75 Å². The van der Waals surface area contributed by atoms with Crippen LogP contribution < -0.4 is 15.4 Å². The summed E-state index contributed by atoms with van der Waals surface area (Å²) < 4.78 is 7.33. The molecule has 0 fully saturated rings. The summed E-state index contributed by atoms with van der Waals surface area (Å²) in [6.45, 7) is 7.40. The van der Waals surface area contributed by atoms with Gasteiger partial charge in [0.2, 0.25) is 5.91 Å². The van der Waals surface area contributed by atoms with Crippen molar-refractivity contribution in [1.29, 1.82) is 0 Å². The molecule has 3 rings (SSSR count). The number of amides is 2. The quantitative estimate of drug-likeness (QED) is 0.666. The standard InChI is InChI=1S/C23H25N3O3/c1-14-6-10-21(26-15(2)7-8-16(26)3)19(12-14)23(28)25-18-9-11-22(29-5)20(13-18)24-17(4)27/h6-13H,1-5H3,(H,24,27)(H,25,28). The Morgan fingerprint density at radius 3 is 2.21 bits per heavy atom. The molecule has 6 nitrogen and oxygen atoms in total. The summed E-state index contributed by atoms with van der Waals surface area (Å²) in [5, 5.41) is 5.65. The first-order valence-corrected chi connectivity index (χ1v) is 9.33. The van der Waals surface area contributed by atoms with E-state index in [4.69, 9.17) is 4.74 Å². The average Bonchev–Trinajstić information content (AvgIpc) is 3.00. The SMILES string of the molecule is COc1ccc(NC(=O)c2cc(C)ccc2-n2c(C)ccc2C)cc1NC(C)=O. The fourth-order valence-electron chi connectivity index (χ4n) is 3.35. The van der Waals surface area contributed by atoms with Gasteiger partial charge in [-0.3, -0.25) is 9.59 Å². The van der Waals surface area contributed by atoms with Gasteiger partial charge in [-0.2, -0.15) is 0 Å². The van der Waals surface area contributed by atoms with Gasteiger partial charge in [-0.15, -0.1) is 0 Å². The summed E-state index contributed by atoms with van der Waals surface area (Å²) in [5.41, 5.74) is 5.56. The van der Waals surface area contributed by atoms with Crippen LogP contribution in [-0.4, -0.2) is 23.5 Å². The monoisotopic (exact) mass is 391 g/mol. The Hall–Kier alpha value is -3.54. The molecule has 6 heteroatoms. The molecule has 0 saturated heterocycles. The lowest BCUT2D eigenvalue weighted by Gasteiger charge is -2.16. The number of ether oxygens (including phenoxy) is 1. The number of benzene rings is 2. The van der Waals surface area contributed by atoms with Crippen LogP contribution in [0.1, 0.15) is 34.2 Å². The molecule has 3 aromatic rings. The number of carbonyl (C=O) groups excluding carboxylic acids is 2.